The monoisotopic (exact) mass is 562 g/mol. The molecule has 3 aliphatic rings. The number of methoxy groups -OCH3 is 1. The Kier molecular flexibility index (Phi) is 8.90. The third-order valence-electron chi connectivity index (χ3n) is 9.19. The van der Waals surface area contributed by atoms with Crippen LogP contribution in [0.3, 0.4) is 0 Å². The number of hydrogen-bond donors (Lipinski definition) is 2. The third kappa shape index (κ3) is 6.32. The fourth-order valence-electron chi connectivity index (χ4n) is 6.92. The number of rotatable bonds is 9. The van der Waals surface area contributed by atoms with Gasteiger partial charge in [0.05, 0.1) is 23.3 Å². The molecule has 0 bridgehead atoms. The SMILES string of the molecule is COc1ccc2cnc(Nc3ccc(N4CCC(CCCN5CCNCC5)CC4)c(Cl)c3)nc2c1C1CCCC1. The molecule has 8 heteroatoms. The highest BCUT2D eigenvalue weighted by Crippen LogP contribution is 2.42. The number of aromatic nitrogens is 2. The van der Waals surface area contributed by atoms with Crippen molar-refractivity contribution < 1.29 is 4.74 Å². The van der Waals surface area contributed by atoms with Crippen molar-refractivity contribution in [2.24, 2.45) is 5.92 Å². The van der Waals surface area contributed by atoms with Gasteiger partial charge in [-0.2, -0.15) is 0 Å². The molecule has 40 heavy (non-hydrogen) atoms. The molecule has 3 heterocycles. The van der Waals surface area contributed by atoms with Gasteiger partial charge in [0.25, 0.3) is 0 Å². The molecule has 2 saturated heterocycles. The van der Waals surface area contributed by atoms with Crippen molar-refractivity contribution >= 4 is 39.8 Å². The smallest absolute Gasteiger partial charge is 0.227 e. The first-order valence-electron chi connectivity index (χ1n) is 15.3. The second-order valence-electron chi connectivity index (χ2n) is 11.7. The summed E-state index contributed by atoms with van der Waals surface area (Å²) in [6.07, 6.45) is 12.0. The fraction of sp³-hybridized carbons (Fsp3) is 0.562. The largest absolute Gasteiger partial charge is 0.496 e. The summed E-state index contributed by atoms with van der Waals surface area (Å²) in [6, 6.07) is 10.4. The Morgan fingerprint density at radius 1 is 1.02 bits per heavy atom. The Morgan fingerprint density at radius 2 is 1.82 bits per heavy atom. The van der Waals surface area contributed by atoms with Crippen LogP contribution in [0.4, 0.5) is 17.3 Å². The van der Waals surface area contributed by atoms with Crippen LogP contribution in [0.25, 0.3) is 10.9 Å². The number of fused-ring (bicyclic) bond motifs is 1. The van der Waals surface area contributed by atoms with E-state index >= 15 is 0 Å². The fourth-order valence-corrected chi connectivity index (χ4v) is 7.22. The zero-order valence-electron chi connectivity index (χ0n) is 23.8. The summed E-state index contributed by atoms with van der Waals surface area (Å²) in [5.74, 6) is 2.84. The average Bonchev–Trinajstić information content (AvgIpc) is 3.52. The molecule has 7 nitrogen and oxygen atoms in total. The van der Waals surface area contributed by atoms with Gasteiger partial charge in [-0.3, -0.25) is 0 Å². The average molecular weight is 563 g/mol. The van der Waals surface area contributed by atoms with E-state index in [4.69, 9.17) is 21.3 Å². The molecular weight excluding hydrogens is 520 g/mol. The van der Waals surface area contributed by atoms with Crippen LogP contribution >= 0.6 is 11.6 Å². The number of nitrogens with zero attached hydrogens (tertiary/aromatic N) is 4. The van der Waals surface area contributed by atoms with Crippen molar-refractivity contribution in [2.75, 3.05) is 63.1 Å². The Bertz CT molecular complexity index is 1280. The molecule has 2 aliphatic heterocycles. The number of anilines is 3. The van der Waals surface area contributed by atoms with Crippen LogP contribution in [0.5, 0.6) is 5.75 Å². The standard InChI is InChI=1S/C32H43ClN6O/c1-40-29-11-8-25-22-35-32(37-31(25)30(29)24-6-2-3-7-24)36-26-9-10-28(27(33)21-26)39-17-12-23(13-18-39)5-4-16-38-19-14-34-15-20-38/h8-11,21-24,34H,2-7,12-20H2,1H3,(H,35,36,37). The number of benzene rings is 2. The first-order valence-corrected chi connectivity index (χ1v) is 15.6. The highest BCUT2D eigenvalue weighted by Gasteiger charge is 2.25. The van der Waals surface area contributed by atoms with Gasteiger partial charge in [0.1, 0.15) is 5.75 Å². The molecule has 214 valence electrons. The third-order valence-corrected chi connectivity index (χ3v) is 9.49. The second kappa shape index (κ2) is 12.9. The number of ether oxygens (including phenoxy) is 1. The minimum atomic E-state index is 0.492. The van der Waals surface area contributed by atoms with Crippen molar-refractivity contribution in [1.82, 2.24) is 20.2 Å². The van der Waals surface area contributed by atoms with E-state index in [0.717, 1.165) is 65.1 Å². The lowest BCUT2D eigenvalue weighted by atomic mass is 9.92. The normalized spacial score (nSPS) is 19.4. The minimum absolute atomic E-state index is 0.492. The van der Waals surface area contributed by atoms with E-state index in [1.807, 2.05) is 12.3 Å². The highest BCUT2D eigenvalue weighted by molar-refractivity contribution is 6.33. The van der Waals surface area contributed by atoms with E-state index in [-0.39, 0.29) is 0 Å². The van der Waals surface area contributed by atoms with Crippen molar-refractivity contribution in [3.8, 4) is 5.75 Å². The Labute approximate surface area is 243 Å². The van der Waals surface area contributed by atoms with Crippen LogP contribution in [0.15, 0.2) is 36.5 Å². The molecule has 0 spiro atoms. The second-order valence-corrected chi connectivity index (χ2v) is 12.2. The van der Waals surface area contributed by atoms with Crippen molar-refractivity contribution in [1.29, 1.82) is 0 Å². The number of piperazine rings is 1. The predicted octanol–water partition coefficient (Wildman–Crippen LogP) is 6.59. The maximum atomic E-state index is 6.83. The van der Waals surface area contributed by atoms with E-state index < -0.39 is 0 Å². The van der Waals surface area contributed by atoms with Gasteiger partial charge in [-0.25, -0.2) is 9.97 Å². The molecule has 0 amide bonds. The molecule has 3 fully saturated rings. The van der Waals surface area contributed by atoms with Gasteiger partial charge in [0.2, 0.25) is 5.95 Å². The van der Waals surface area contributed by atoms with Crippen LogP contribution in [0.1, 0.15) is 62.8 Å². The first-order chi connectivity index (χ1) is 19.7. The Hall–Kier alpha value is -2.61. The van der Waals surface area contributed by atoms with Crippen LogP contribution < -0.4 is 20.3 Å². The van der Waals surface area contributed by atoms with Crippen molar-refractivity contribution in [3.05, 3.63) is 47.1 Å². The molecule has 1 aromatic heterocycles. The summed E-state index contributed by atoms with van der Waals surface area (Å²) < 4.78 is 5.75. The minimum Gasteiger partial charge on any atom is -0.496 e. The lowest BCUT2D eigenvalue weighted by molar-refractivity contribution is 0.227. The Balaban J connectivity index is 1.08. The molecule has 6 rings (SSSR count). The van der Waals surface area contributed by atoms with E-state index in [2.05, 4.69) is 49.7 Å². The number of halogens is 1. The number of piperidine rings is 1. The maximum absolute atomic E-state index is 6.83. The van der Waals surface area contributed by atoms with Gasteiger partial charge in [-0.15, -0.1) is 0 Å². The quantitative estimate of drug-likeness (QED) is 0.305. The van der Waals surface area contributed by atoms with E-state index in [0.29, 0.717) is 11.9 Å². The van der Waals surface area contributed by atoms with Crippen LogP contribution in [-0.2, 0) is 0 Å². The zero-order chi connectivity index (χ0) is 27.3. The summed E-state index contributed by atoms with van der Waals surface area (Å²) >= 11 is 6.83. The Morgan fingerprint density at radius 3 is 2.58 bits per heavy atom. The number of hydrogen-bond acceptors (Lipinski definition) is 7. The lowest BCUT2D eigenvalue weighted by Gasteiger charge is -2.35. The molecule has 0 radical (unpaired) electrons. The van der Waals surface area contributed by atoms with Gasteiger partial charge in [-0.05, 0) is 87.2 Å². The number of nitrogens with one attached hydrogen (secondary N) is 2. The molecule has 3 aromatic rings. The van der Waals surface area contributed by atoms with Gasteiger partial charge >= 0.3 is 0 Å². The molecule has 2 aromatic carbocycles. The topological polar surface area (TPSA) is 65.6 Å². The van der Waals surface area contributed by atoms with E-state index in [1.165, 1.54) is 76.6 Å². The highest BCUT2D eigenvalue weighted by atomic mass is 35.5. The van der Waals surface area contributed by atoms with E-state index in [9.17, 15) is 0 Å². The van der Waals surface area contributed by atoms with E-state index in [1.54, 1.807) is 7.11 Å². The maximum Gasteiger partial charge on any atom is 0.227 e. The summed E-state index contributed by atoms with van der Waals surface area (Å²) in [7, 11) is 1.75. The summed E-state index contributed by atoms with van der Waals surface area (Å²) in [4.78, 5) is 14.6. The van der Waals surface area contributed by atoms with Gasteiger partial charge in [0, 0.05) is 62.1 Å². The van der Waals surface area contributed by atoms with Crippen molar-refractivity contribution in [3.63, 3.8) is 0 Å². The van der Waals surface area contributed by atoms with Gasteiger partial charge in [-0.1, -0.05) is 24.4 Å². The summed E-state index contributed by atoms with van der Waals surface area (Å²) in [5, 5.41) is 8.67. The molecule has 1 aliphatic carbocycles. The predicted molar refractivity (Wildman–Crippen MR) is 166 cm³/mol. The molecule has 0 unspecified atom stereocenters. The van der Waals surface area contributed by atoms with Crippen LogP contribution in [0.2, 0.25) is 5.02 Å². The van der Waals surface area contributed by atoms with Gasteiger partial charge < -0.3 is 25.2 Å². The summed E-state index contributed by atoms with van der Waals surface area (Å²) in [5.41, 5.74) is 4.24. The van der Waals surface area contributed by atoms with Gasteiger partial charge in [0.15, 0.2) is 0 Å². The molecule has 0 atom stereocenters. The summed E-state index contributed by atoms with van der Waals surface area (Å²) in [6.45, 7) is 8.07. The first kappa shape index (κ1) is 27.6. The molecule has 1 saturated carbocycles. The van der Waals surface area contributed by atoms with Crippen LogP contribution in [0, 0.1) is 5.92 Å². The van der Waals surface area contributed by atoms with Crippen LogP contribution in [-0.4, -0.2) is 67.8 Å². The lowest BCUT2D eigenvalue weighted by Crippen LogP contribution is -2.43. The molecular formula is C32H43ClN6O. The van der Waals surface area contributed by atoms with Crippen molar-refractivity contribution in [2.45, 2.75) is 57.3 Å². The zero-order valence-corrected chi connectivity index (χ0v) is 24.6. The molecule has 2 N–H and O–H groups in total.